The molecule has 10 heteroatoms. The van der Waals surface area contributed by atoms with E-state index < -0.39 is 18.3 Å². The van der Waals surface area contributed by atoms with Gasteiger partial charge in [-0.3, -0.25) is 0 Å². The van der Waals surface area contributed by atoms with Crippen LogP contribution >= 0.6 is 0 Å². The van der Waals surface area contributed by atoms with Crippen LogP contribution in [0.15, 0.2) is 0 Å². The van der Waals surface area contributed by atoms with Crippen molar-refractivity contribution in [2.75, 3.05) is 0 Å². The molecule has 0 aromatic carbocycles. The maximum absolute atomic E-state index is 8.52. The van der Waals surface area contributed by atoms with Crippen LogP contribution in [-0.4, -0.2) is 23.8 Å². The molecule has 0 aliphatic rings. The minimum Gasteiger partial charge on any atom is -0.672 e. The van der Waals surface area contributed by atoms with Crippen LogP contribution in [0.1, 0.15) is 0 Å². The molecule has 0 aliphatic heterocycles. The fourth-order valence-corrected chi connectivity index (χ4v) is 0. The molecule has 0 atom stereocenters. The van der Waals surface area contributed by atoms with E-state index in [1.54, 1.807) is 0 Å². The van der Waals surface area contributed by atoms with Gasteiger partial charge in [0.2, 0.25) is 0 Å². The zero-order valence-corrected chi connectivity index (χ0v) is 8.91. The molecule has 0 fully saturated rings. The first-order valence-corrected chi connectivity index (χ1v) is 3.67. The number of hydrogen-bond donors (Lipinski definition) is 0. The van der Waals surface area contributed by atoms with Crippen molar-refractivity contribution in [3.63, 3.8) is 0 Å². The van der Waals surface area contributed by atoms with Crippen molar-refractivity contribution in [2.24, 2.45) is 0 Å². The molecular weight excluding hydrogens is 259 g/mol. The molecule has 10 heavy (non-hydrogen) atoms. The summed E-state index contributed by atoms with van der Waals surface area (Å²) in [4.78, 5) is 34.1. The van der Waals surface area contributed by atoms with Gasteiger partial charge < -0.3 is 33.6 Å². The van der Waals surface area contributed by atoms with Gasteiger partial charge >= 0.3 is 26.2 Å². The van der Waals surface area contributed by atoms with Crippen LogP contribution in [0.5, 0.6) is 0 Å². The summed E-state index contributed by atoms with van der Waals surface area (Å²) in [5.74, 6) is 0. The summed E-state index contributed by atoms with van der Waals surface area (Å²) in [5.41, 5.74) is 0. The molecule has 0 radical (unpaired) electrons. The Kier molecular flexibility index (Phi) is 36.0. The average molecular weight is 261 g/mol. The Bertz CT molecular complexity index is 69.6. The molecule has 2 N–H and O–H groups in total. The second-order valence-corrected chi connectivity index (χ2v) is 1.50. The number of rotatable bonds is 0. The van der Waals surface area contributed by atoms with Gasteiger partial charge in [0.25, 0.3) is 0 Å². The second kappa shape index (κ2) is 16.0. The van der Waals surface area contributed by atoms with Gasteiger partial charge in [0, 0.05) is 18.3 Å². The smallest absolute Gasteiger partial charge is 0.672 e. The maximum Gasteiger partial charge on any atom is 4.00 e. The first-order valence-electron chi connectivity index (χ1n) is 1.22. The second-order valence-electron chi connectivity index (χ2n) is 0.500. The van der Waals surface area contributed by atoms with Crippen molar-refractivity contribution in [3.8, 4) is 0 Å². The van der Waals surface area contributed by atoms with E-state index in [0.29, 0.717) is 0 Å². The van der Waals surface area contributed by atoms with Crippen LogP contribution in [0.25, 0.3) is 0 Å². The van der Waals surface area contributed by atoms with Crippen molar-refractivity contribution in [3.05, 3.63) is 0 Å². The van der Waals surface area contributed by atoms with E-state index in [4.69, 9.17) is 28.1 Å². The van der Waals surface area contributed by atoms with Gasteiger partial charge in [-0.2, -0.15) is 0 Å². The van der Waals surface area contributed by atoms with Crippen molar-refractivity contribution < 1.29 is 59.8 Å². The molecule has 0 bridgehead atoms. The normalized spacial score (nSPS) is 4.80. The van der Waals surface area contributed by atoms with Crippen LogP contribution < -0.4 is 19.2 Å². The summed E-state index contributed by atoms with van der Waals surface area (Å²) in [5, 5.41) is 0. The molecule has 0 aliphatic carbocycles. The van der Waals surface area contributed by atoms with Gasteiger partial charge in [-0.25, -0.2) is 0 Å². The zero-order valence-electron chi connectivity index (χ0n) is 4.45. The van der Waals surface area contributed by atoms with Crippen LogP contribution in [0.3, 0.4) is 0 Å². The molecule has 0 saturated heterocycles. The third-order valence-corrected chi connectivity index (χ3v) is 0. The number of hydrogen-bond acceptors (Lipinski definition) is 6. The van der Waals surface area contributed by atoms with Gasteiger partial charge in [0.05, 0.1) is 0 Å². The SMILES string of the molecule is O.O=[Si]([O-])[O-].O=[Si]([O-])[O-].[Zr+4]. The van der Waals surface area contributed by atoms with E-state index in [1.165, 1.54) is 0 Å². The minimum absolute atomic E-state index is 0. The van der Waals surface area contributed by atoms with Crippen molar-refractivity contribution in [2.45, 2.75) is 0 Å². The Morgan fingerprint density at radius 1 is 0.800 bits per heavy atom. The molecular formula is H2O7Si2Zr. The molecule has 0 heterocycles. The fraction of sp³-hybridized carbons (Fsp3) is 0. The largest absolute Gasteiger partial charge is 4.00 e. The molecule has 0 spiro atoms. The van der Waals surface area contributed by atoms with Crippen molar-refractivity contribution in [1.29, 1.82) is 0 Å². The van der Waals surface area contributed by atoms with Gasteiger partial charge in [0.15, 0.2) is 0 Å². The van der Waals surface area contributed by atoms with Crippen molar-refractivity contribution in [1.82, 2.24) is 0 Å². The Morgan fingerprint density at radius 3 is 0.800 bits per heavy atom. The van der Waals surface area contributed by atoms with Gasteiger partial charge in [-0.05, 0) is 0 Å². The maximum atomic E-state index is 8.52. The summed E-state index contributed by atoms with van der Waals surface area (Å²) in [6, 6.07) is 0. The zero-order chi connectivity index (χ0) is 7.15. The van der Waals surface area contributed by atoms with E-state index in [-0.39, 0.29) is 31.7 Å². The van der Waals surface area contributed by atoms with Gasteiger partial charge in [0.1, 0.15) is 0 Å². The molecule has 0 rings (SSSR count). The first-order chi connectivity index (χ1) is 3.46. The van der Waals surface area contributed by atoms with Crippen LogP contribution in [-0.2, 0) is 35.1 Å². The van der Waals surface area contributed by atoms with Gasteiger partial charge in [-0.15, -0.1) is 0 Å². The molecule has 0 saturated carbocycles. The van der Waals surface area contributed by atoms with Crippen molar-refractivity contribution >= 4 is 18.3 Å². The van der Waals surface area contributed by atoms with Gasteiger partial charge in [-0.1, -0.05) is 0 Å². The monoisotopic (exact) mass is 260 g/mol. The summed E-state index contributed by atoms with van der Waals surface area (Å²) < 4.78 is 17.0. The standard InChI is InChI=1S/2O3Si.H2O.Zr/c2*1-4(2)3;;/h;;1H2;/q2*-2;;+4. The molecule has 7 nitrogen and oxygen atoms in total. The predicted molar refractivity (Wildman–Crippen MR) is 16.5 cm³/mol. The first kappa shape index (κ1) is 22.5. The Morgan fingerprint density at radius 2 is 0.800 bits per heavy atom. The summed E-state index contributed by atoms with van der Waals surface area (Å²) in [7, 11) is -7.26. The molecule has 0 amide bonds. The van der Waals surface area contributed by atoms with E-state index >= 15 is 0 Å². The summed E-state index contributed by atoms with van der Waals surface area (Å²) in [6.45, 7) is 0. The van der Waals surface area contributed by atoms with Crippen LogP contribution in [0, 0.1) is 0 Å². The van der Waals surface area contributed by atoms with Crippen LogP contribution in [0.2, 0.25) is 0 Å². The molecule has 0 aromatic rings. The molecule has 56 valence electrons. The Hall–Kier alpha value is 0.0769. The summed E-state index contributed by atoms with van der Waals surface area (Å²) in [6.07, 6.45) is 0. The van der Waals surface area contributed by atoms with E-state index in [1.807, 2.05) is 0 Å². The quantitative estimate of drug-likeness (QED) is 0.394. The third kappa shape index (κ3) is 68400. The molecule has 0 aromatic heterocycles. The fourth-order valence-electron chi connectivity index (χ4n) is 0. The van der Waals surface area contributed by atoms with E-state index in [9.17, 15) is 0 Å². The third-order valence-electron chi connectivity index (χ3n) is 0. The van der Waals surface area contributed by atoms with E-state index in [0.717, 1.165) is 0 Å². The topological polar surface area (TPSA) is 158 Å². The van der Waals surface area contributed by atoms with Crippen LogP contribution in [0.4, 0.5) is 0 Å². The average Bonchev–Trinajstić information content (AvgIpc) is 1.25. The predicted octanol–water partition coefficient (Wildman–Crippen LogP) is -6.58. The Labute approximate surface area is 78.2 Å². The Balaban J connectivity index is -0.0000000300. The molecule has 0 unspecified atom stereocenters. The van der Waals surface area contributed by atoms with E-state index in [2.05, 4.69) is 0 Å². The minimum atomic E-state index is -3.63. The summed E-state index contributed by atoms with van der Waals surface area (Å²) >= 11 is 0.